The summed E-state index contributed by atoms with van der Waals surface area (Å²) in [7, 11) is 2.12. The number of anilines is 2. The predicted octanol–water partition coefficient (Wildman–Crippen LogP) is 0.175. The summed E-state index contributed by atoms with van der Waals surface area (Å²) in [6, 6.07) is 2.24. The summed E-state index contributed by atoms with van der Waals surface area (Å²) >= 11 is 0. The standard InChI is InChI=1S/C9H15N5/c1-14-3-2-7(5-14)13-9-4-8(10)11-6-12-9/h4,6-7H,2-3,5H2,1H3,(H3,10,11,12,13). The molecule has 5 heteroatoms. The minimum Gasteiger partial charge on any atom is -0.384 e. The van der Waals surface area contributed by atoms with E-state index in [4.69, 9.17) is 5.73 Å². The molecule has 1 saturated heterocycles. The molecule has 0 amide bonds. The molecular weight excluding hydrogens is 178 g/mol. The van der Waals surface area contributed by atoms with Crippen molar-refractivity contribution in [3.05, 3.63) is 12.4 Å². The van der Waals surface area contributed by atoms with Gasteiger partial charge in [0, 0.05) is 18.7 Å². The zero-order valence-electron chi connectivity index (χ0n) is 8.27. The van der Waals surface area contributed by atoms with Crippen molar-refractivity contribution >= 4 is 11.6 Å². The molecule has 3 N–H and O–H groups in total. The fourth-order valence-corrected chi connectivity index (χ4v) is 1.71. The highest BCUT2D eigenvalue weighted by atomic mass is 15.2. The number of hydrogen-bond acceptors (Lipinski definition) is 5. The average Bonchev–Trinajstić information content (AvgIpc) is 2.51. The van der Waals surface area contributed by atoms with Gasteiger partial charge in [-0.15, -0.1) is 0 Å². The molecule has 1 aromatic rings. The summed E-state index contributed by atoms with van der Waals surface area (Å²) in [4.78, 5) is 10.2. The lowest BCUT2D eigenvalue weighted by molar-refractivity contribution is 0.414. The molecule has 0 saturated carbocycles. The summed E-state index contributed by atoms with van der Waals surface area (Å²) in [6.07, 6.45) is 2.64. The third-order valence-electron chi connectivity index (χ3n) is 2.43. The van der Waals surface area contributed by atoms with Gasteiger partial charge in [-0.25, -0.2) is 9.97 Å². The van der Waals surface area contributed by atoms with Crippen molar-refractivity contribution in [3.63, 3.8) is 0 Å². The number of nitrogens with zero attached hydrogens (tertiary/aromatic N) is 3. The van der Waals surface area contributed by atoms with Gasteiger partial charge in [0.2, 0.25) is 0 Å². The zero-order valence-corrected chi connectivity index (χ0v) is 8.27. The van der Waals surface area contributed by atoms with Crippen LogP contribution in [-0.2, 0) is 0 Å². The van der Waals surface area contributed by atoms with Crippen LogP contribution in [0.15, 0.2) is 12.4 Å². The van der Waals surface area contributed by atoms with Gasteiger partial charge in [-0.05, 0) is 20.0 Å². The lowest BCUT2D eigenvalue weighted by atomic mass is 10.2. The fourth-order valence-electron chi connectivity index (χ4n) is 1.71. The molecule has 0 spiro atoms. The minimum absolute atomic E-state index is 0.481. The van der Waals surface area contributed by atoms with Crippen molar-refractivity contribution in [1.29, 1.82) is 0 Å². The van der Waals surface area contributed by atoms with E-state index in [9.17, 15) is 0 Å². The largest absolute Gasteiger partial charge is 0.384 e. The Balaban J connectivity index is 1.97. The Morgan fingerprint density at radius 2 is 2.43 bits per heavy atom. The number of nitrogens with two attached hydrogens (primary N) is 1. The smallest absolute Gasteiger partial charge is 0.131 e. The Bertz CT molecular complexity index is 314. The first-order valence-corrected chi connectivity index (χ1v) is 4.76. The Kier molecular flexibility index (Phi) is 2.49. The van der Waals surface area contributed by atoms with Crippen LogP contribution >= 0.6 is 0 Å². The SMILES string of the molecule is CN1CCC(Nc2cc(N)ncn2)C1. The number of nitrogen functional groups attached to an aromatic ring is 1. The maximum absolute atomic E-state index is 5.56. The van der Waals surface area contributed by atoms with Crippen LogP contribution in [0, 0.1) is 0 Å². The third kappa shape index (κ3) is 2.11. The highest BCUT2D eigenvalue weighted by Gasteiger charge is 2.19. The van der Waals surface area contributed by atoms with Crippen molar-refractivity contribution in [2.45, 2.75) is 12.5 Å². The topological polar surface area (TPSA) is 67.1 Å². The van der Waals surface area contributed by atoms with Gasteiger partial charge < -0.3 is 16.0 Å². The molecule has 1 atom stereocenters. The molecule has 5 nitrogen and oxygen atoms in total. The zero-order chi connectivity index (χ0) is 9.97. The number of aromatic nitrogens is 2. The number of rotatable bonds is 2. The second-order valence-electron chi connectivity index (χ2n) is 3.72. The molecule has 1 fully saturated rings. The molecule has 1 aromatic heterocycles. The Hall–Kier alpha value is -1.36. The summed E-state index contributed by atoms with van der Waals surface area (Å²) in [6.45, 7) is 2.20. The van der Waals surface area contributed by atoms with E-state index in [1.54, 1.807) is 6.07 Å². The van der Waals surface area contributed by atoms with Crippen molar-refractivity contribution in [2.75, 3.05) is 31.2 Å². The normalized spacial score (nSPS) is 22.5. The maximum atomic E-state index is 5.56. The van der Waals surface area contributed by atoms with Gasteiger partial charge in [-0.3, -0.25) is 0 Å². The van der Waals surface area contributed by atoms with E-state index in [1.165, 1.54) is 6.33 Å². The van der Waals surface area contributed by atoms with Gasteiger partial charge in [0.15, 0.2) is 0 Å². The lowest BCUT2D eigenvalue weighted by Crippen LogP contribution is -2.24. The second kappa shape index (κ2) is 3.79. The fraction of sp³-hybridized carbons (Fsp3) is 0.556. The molecule has 1 unspecified atom stereocenters. The summed E-state index contributed by atoms with van der Waals surface area (Å²) in [5.74, 6) is 1.33. The average molecular weight is 193 g/mol. The second-order valence-corrected chi connectivity index (χ2v) is 3.72. The molecule has 14 heavy (non-hydrogen) atoms. The first kappa shape index (κ1) is 9.21. The van der Waals surface area contributed by atoms with Gasteiger partial charge in [-0.2, -0.15) is 0 Å². The Morgan fingerprint density at radius 1 is 1.57 bits per heavy atom. The summed E-state index contributed by atoms with van der Waals surface area (Å²) in [5.41, 5.74) is 5.56. The monoisotopic (exact) mass is 193 g/mol. The van der Waals surface area contributed by atoms with E-state index in [-0.39, 0.29) is 0 Å². The molecule has 76 valence electrons. The van der Waals surface area contributed by atoms with Gasteiger partial charge in [0.1, 0.15) is 18.0 Å². The van der Waals surface area contributed by atoms with E-state index < -0.39 is 0 Å². The van der Waals surface area contributed by atoms with E-state index in [0.717, 1.165) is 25.3 Å². The number of likely N-dealkylation sites (N-methyl/N-ethyl adjacent to an activating group) is 1. The highest BCUT2D eigenvalue weighted by molar-refractivity contribution is 5.44. The first-order chi connectivity index (χ1) is 6.74. The third-order valence-corrected chi connectivity index (χ3v) is 2.43. The molecule has 0 radical (unpaired) electrons. The van der Waals surface area contributed by atoms with Crippen LogP contribution in [0.2, 0.25) is 0 Å². The number of nitrogens with one attached hydrogen (secondary N) is 1. The van der Waals surface area contributed by atoms with Crippen molar-refractivity contribution in [1.82, 2.24) is 14.9 Å². The van der Waals surface area contributed by atoms with Crippen LogP contribution < -0.4 is 11.1 Å². The molecule has 0 aliphatic carbocycles. The van der Waals surface area contributed by atoms with Crippen LogP contribution in [0.4, 0.5) is 11.6 Å². The van der Waals surface area contributed by atoms with E-state index in [2.05, 4.69) is 27.2 Å². The quantitative estimate of drug-likeness (QED) is 0.701. The Morgan fingerprint density at radius 3 is 3.07 bits per heavy atom. The highest BCUT2D eigenvalue weighted by Crippen LogP contribution is 2.13. The van der Waals surface area contributed by atoms with Crippen molar-refractivity contribution in [2.24, 2.45) is 0 Å². The van der Waals surface area contributed by atoms with Crippen molar-refractivity contribution in [3.8, 4) is 0 Å². The minimum atomic E-state index is 0.481. The summed E-state index contributed by atoms with van der Waals surface area (Å²) < 4.78 is 0. The summed E-state index contributed by atoms with van der Waals surface area (Å²) in [5, 5.41) is 3.34. The van der Waals surface area contributed by atoms with Crippen LogP contribution in [0.1, 0.15) is 6.42 Å². The molecule has 0 bridgehead atoms. The molecule has 1 aliphatic rings. The molecule has 1 aliphatic heterocycles. The van der Waals surface area contributed by atoms with E-state index >= 15 is 0 Å². The number of likely N-dealkylation sites (tertiary alicyclic amines) is 1. The first-order valence-electron chi connectivity index (χ1n) is 4.76. The van der Waals surface area contributed by atoms with Crippen molar-refractivity contribution < 1.29 is 0 Å². The maximum Gasteiger partial charge on any atom is 0.131 e. The molecule has 0 aromatic carbocycles. The number of hydrogen-bond donors (Lipinski definition) is 2. The lowest BCUT2D eigenvalue weighted by Gasteiger charge is -2.13. The van der Waals surface area contributed by atoms with Crippen LogP contribution in [0.3, 0.4) is 0 Å². The van der Waals surface area contributed by atoms with Gasteiger partial charge in [-0.1, -0.05) is 0 Å². The van der Waals surface area contributed by atoms with Gasteiger partial charge in [0.25, 0.3) is 0 Å². The van der Waals surface area contributed by atoms with Gasteiger partial charge in [0.05, 0.1) is 0 Å². The molecule has 2 rings (SSSR count). The molecular formula is C9H15N5. The van der Waals surface area contributed by atoms with Crippen LogP contribution in [0.25, 0.3) is 0 Å². The van der Waals surface area contributed by atoms with Crippen LogP contribution in [0.5, 0.6) is 0 Å². The van der Waals surface area contributed by atoms with E-state index in [0.29, 0.717) is 11.9 Å². The van der Waals surface area contributed by atoms with E-state index in [1.807, 2.05) is 0 Å². The van der Waals surface area contributed by atoms with Gasteiger partial charge >= 0.3 is 0 Å². The van der Waals surface area contributed by atoms with Crippen LogP contribution in [-0.4, -0.2) is 41.0 Å². The predicted molar refractivity (Wildman–Crippen MR) is 56.0 cm³/mol. The Labute approximate surface area is 83.3 Å². The molecule has 2 heterocycles.